The van der Waals surface area contributed by atoms with Crippen LogP contribution >= 0.6 is 0 Å². The van der Waals surface area contributed by atoms with Gasteiger partial charge in [-0.15, -0.1) is 0 Å². The van der Waals surface area contributed by atoms with Gasteiger partial charge in [0.05, 0.1) is 21.3 Å². The summed E-state index contributed by atoms with van der Waals surface area (Å²) in [6.07, 6.45) is 0.202. The Morgan fingerprint density at radius 1 is 0.857 bits per heavy atom. The summed E-state index contributed by atoms with van der Waals surface area (Å²) in [5.74, 6) is 1.35. The highest BCUT2D eigenvalue weighted by atomic mass is 16.5. The minimum Gasteiger partial charge on any atom is -0.507 e. The molecular formula is C28H32N2O5. The van der Waals surface area contributed by atoms with Crippen molar-refractivity contribution < 1.29 is 24.1 Å². The number of phenols is 1. The van der Waals surface area contributed by atoms with Gasteiger partial charge in [-0.2, -0.15) is 0 Å². The number of carbonyl (C=O) groups excluding carboxylic acids is 1. The number of amides is 1. The van der Waals surface area contributed by atoms with E-state index in [2.05, 4.69) is 17.0 Å². The fourth-order valence-electron chi connectivity index (χ4n) is 4.60. The molecule has 1 aliphatic heterocycles. The predicted molar refractivity (Wildman–Crippen MR) is 136 cm³/mol. The summed E-state index contributed by atoms with van der Waals surface area (Å²) in [6, 6.07) is 21.1. The zero-order valence-corrected chi connectivity index (χ0v) is 20.4. The van der Waals surface area contributed by atoms with Gasteiger partial charge in [-0.1, -0.05) is 30.3 Å². The standard InChI is InChI=1S/C28H32N2O5/c1-33-22-11-9-20(10-12-22)24(28-25(31)17-23(34-2)18-26(28)35-3)19-27(32)30-15-13-29(14-16-30)21-7-5-4-6-8-21/h4-12,17-18,24,31H,13-16,19H2,1-3H3/t24-/m1/s1. The average molecular weight is 477 g/mol. The SMILES string of the molecule is COc1ccc([C@@H](CC(=O)N2CCN(c3ccccc3)CC2)c2c(O)cc(OC)cc2OC)cc1. The average Bonchev–Trinajstić information content (AvgIpc) is 2.92. The lowest BCUT2D eigenvalue weighted by Crippen LogP contribution is -2.49. The number of ether oxygens (including phenoxy) is 3. The molecule has 1 atom stereocenters. The topological polar surface area (TPSA) is 71.5 Å². The highest BCUT2D eigenvalue weighted by Crippen LogP contribution is 2.43. The number of hydrogen-bond acceptors (Lipinski definition) is 6. The Balaban J connectivity index is 1.58. The molecule has 1 aliphatic rings. The molecule has 35 heavy (non-hydrogen) atoms. The number of para-hydroxylation sites is 1. The zero-order chi connectivity index (χ0) is 24.8. The fourth-order valence-corrected chi connectivity index (χ4v) is 4.60. The lowest BCUT2D eigenvalue weighted by Gasteiger charge is -2.37. The summed E-state index contributed by atoms with van der Waals surface area (Å²) >= 11 is 0. The number of methoxy groups -OCH3 is 3. The van der Waals surface area contributed by atoms with Gasteiger partial charge in [-0.3, -0.25) is 4.79 Å². The van der Waals surface area contributed by atoms with E-state index in [0.29, 0.717) is 30.2 Å². The van der Waals surface area contributed by atoms with E-state index in [1.807, 2.05) is 47.4 Å². The summed E-state index contributed by atoms with van der Waals surface area (Å²) in [5, 5.41) is 10.9. The minimum absolute atomic E-state index is 0.0312. The van der Waals surface area contributed by atoms with Gasteiger partial charge in [0.1, 0.15) is 23.0 Å². The van der Waals surface area contributed by atoms with Crippen molar-refractivity contribution >= 4 is 11.6 Å². The monoisotopic (exact) mass is 476 g/mol. The molecule has 1 heterocycles. The first-order chi connectivity index (χ1) is 17.0. The molecule has 1 fully saturated rings. The van der Waals surface area contributed by atoms with Gasteiger partial charge < -0.3 is 29.1 Å². The molecule has 0 spiro atoms. The predicted octanol–water partition coefficient (Wildman–Crippen LogP) is 4.29. The summed E-state index contributed by atoms with van der Waals surface area (Å²) in [7, 11) is 4.70. The van der Waals surface area contributed by atoms with Gasteiger partial charge in [0.25, 0.3) is 0 Å². The van der Waals surface area contributed by atoms with Crippen molar-refractivity contribution in [3.63, 3.8) is 0 Å². The highest BCUT2D eigenvalue weighted by Gasteiger charge is 2.29. The maximum absolute atomic E-state index is 13.5. The first-order valence-corrected chi connectivity index (χ1v) is 11.7. The Morgan fingerprint density at radius 2 is 1.51 bits per heavy atom. The lowest BCUT2D eigenvalue weighted by atomic mass is 9.86. The van der Waals surface area contributed by atoms with Crippen LogP contribution in [0.1, 0.15) is 23.5 Å². The molecule has 0 saturated carbocycles. The Kier molecular flexibility index (Phi) is 7.65. The molecule has 0 radical (unpaired) electrons. The minimum atomic E-state index is -0.401. The van der Waals surface area contributed by atoms with E-state index in [0.717, 1.165) is 24.4 Å². The van der Waals surface area contributed by atoms with Gasteiger partial charge in [0.2, 0.25) is 5.91 Å². The molecule has 0 bridgehead atoms. The molecule has 3 aromatic rings. The van der Waals surface area contributed by atoms with E-state index in [1.165, 1.54) is 12.8 Å². The van der Waals surface area contributed by atoms with Crippen LogP contribution in [0.25, 0.3) is 0 Å². The number of nitrogens with zero attached hydrogens (tertiary/aromatic N) is 2. The number of piperazine rings is 1. The van der Waals surface area contributed by atoms with Crippen LogP contribution in [-0.2, 0) is 4.79 Å². The van der Waals surface area contributed by atoms with E-state index in [4.69, 9.17) is 14.2 Å². The van der Waals surface area contributed by atoms with Crippen molar-refractivity contribution in [3.05, 3.63) is 77.9 Å². The first kappa shape index (κ1) is 24.3. The fraction of sp³-hybridized carbons (Fsp3) is 0.321. The number of carbonyl (C=O) groups is 1. The molecule has 0 aromatic heterocycles. The first-order valence-electron chi connectivity index (χ1n) is 11.7. The largest absolute Gasteiger partial charge is 0.507 e. The van der Waals surface area contributed by atoms with Crippen LogP contribution in [-0.4, -0.2) is 63.4 Å². The molecule has 7 nitrogen and oxygen atoms in total. The maximum atomic E-state index is 13.5. The lowest BCUT2D eigenvalue weighted by molar-refractivity contribution is -0.131. The van der Waals surface area contributed by atoms with E-state index in [9.17, 15) is 9.90 Å². The van der Waals surface area contributed by atoms with Gasteiger partial charge in [-0.05, 0) is 29.8 Å². The number of anilines is 1. The third-order valence-corrected chi connectivity index (χ3v) is 6.55. The third kappa shape index (κ3) is 5.45. The van der Waals surface area contributed by atoms with Crippen molar-refractivity contribution in [2.75, 3.05) is 52.4 Å². The second-order valence-electron chi connectivity index (χ2n) is 8.50. The molecular weight excluding hydrogens is 444 g/mol. The quantitative estimate of drug-likeness (QED) is 0.523. The molecule has 3 aromatic carbocycles. The van der Waals surface area contributed by atoms with Gasteiger partial charge in [0.15, 0.2) is 0 Å². The van der Waals surface area contributed by atoms with Crippen LogP contribution in [0.3, 0.4) is 0 Å². The van der Waals surface area contributed by atoms with Crippen molar-refractivity contribution in [1.29, 1.82) is 0 Å². The molecule has 4 rings (SSSR count). The third-order valence-electron chi connectivity index (χ3n) is 6.55. The maximum Gasteiger partial charge on any atom is 0.223 e. The summed E-state index contributed by atoms with van der Waals surface area (Å²) in [4.78, 5) is 17.7. The van der Waals surface area contributed by atoms with Crippen molar-refractivity contribution in [2.24, 2.45) is 0 Å². The van der Waals surface area contributed by atoms with E-state index < -0.39 is 5.92 Å². The van der Waals surface area contributed by atoms with Crippen LogP contribution in [0.4, 0.5) is 5.69 Å². The van der Waals surface area contributed by atoms with Crippen LogP contribution in [0, 0.1) is 0 Å². The Bertz CT molecular complexity index is 1130. The van der Waals surface area contributed by atoms with E-state index >= 15 is 0 Å². The Morgan fingerprint density at radius 3 is 2.11 bits per heavy atom. The Hall–Kier alpha value is -3.87. The van der Waals surface area contributed by atoms with Crippen molar-refractivity contribution in [2.45, 2.75) is 12.3 Å². The number of rotatable bonds is 8. The van der Waals surface area contributed by atoms with Gasteiger partial charge >= 0.3 is 0 Å². The van der Waals surface area contributed by atoms with Crippen LogP contribution in [0.5, 0.6) is 23.0 Å². The second-order valence-corrected chi connectivity index (χ2v) is 8.50. The number of aromatic hydroxyl groups is 1. The van der Waals surface area contributed by atoms with E-state index in [-0.39, 0.29) is 18.1 Å². The molecule has 1 amide bonds. The summed E-state index contributed by atoms with van der Waals surface area (Å²) in [5.41, 5.74) is 2.62. The van der Waals surface area contributed by atoms with Crippen LogP contribution in [0.2, 0.25) is 0 Å². The Labute approximate surface area is 206 Å². The number of phenolic OH excluding ortho intramolecular Hbond substituents is 1. The van der Waals surface area contributed by atoms with Gasteiger partial charge in [-0.25, -0.2) is 0 Å². The molecule has 1 N–H and O–H groups in total. The molecule has 7 heteroatoms. The van der Waals surface area contributed by atoms with Crippen LogP contribution < -0.4 is 19.1 Å². The molecule has 0 aliphatic carbocycles. The smallest absolute Gasteiger partial charge is 0.223 e. The second kappa shape index (κ2) is 11.0. The van der Waals surface area contributed by atoms with E-state index in [1.54, 1.807) is 26.4 Å². The summed E-state index contributed by atoms with van der Waals surface area (Å²) in [6.45, 7) is 2.85. The number of benzene rings is 3. The normalized spacial score (nSPS) is 14.4. The molecule has 0 unspecified atom stereocenters. The summed E-state index contributed by atoms with van der Waals surface area (Å²) < 4.78 is 16.2. The van der Waals surface area contributed by atoms with Gasteiger partial charge in [0, 0.05) is 61.9 Å². The molecule has 1 saturated heterocycles. The highest BCUT2D eigenvalue weighted by molar-refractivity contribution is 5.79. The van der Waals surface area contributed by atoms with Crippen molar-refractivity contribution in [3.8, 4) is 23.0 Å². The zero-order valence-electron chi connectivity index (χ0n) is 20.4. The van der Waals surface area contributed by atoms with Crippen molar-refractivity contribution in [1.82, 2.24) is 4.90 Å². The molecule has 184 valence electrons. The number of hydrogen-bond donors (Lipinski definition) is 1. The van der Waals surface area contributed by atoms with Crippen LogP contribution in [0.15, 0.2) is 66.7 Å².